The van der Waals surface area contributed by atoms with E-state index in [1.807, 2.05) is 19.1 Å². The van der Waals surface area contributed by atoms with E-state index in [1.165, 1.54) is 5.69 Å². The van der Waals surface area contributed by atoms with Crippen LogP contribution < -0.4 is 5.73 Å². The largest absolute Gasteiger partial charge is 0.399 e. The maximum Gasteiger partial charge on any atom is 0.173 e. The maximum atomic E-state index is 6.18. The fourth-order valence-corrected chi connectivity index (χ4v) is 3.12. The molecule has 0 aliphatic carbocycles. The first kappa shape index (κ1) is 13.3. The van der Waals surface area contributed by atoms with Crippen molar-refractivity contribution in [2.24, 2.45) is 0 Å². The van der Waals surface area contributed by atoms with Crippen LogP contribution in [0, 0.1) is 13.8 Å². The lowest BCUT2D eigenvalue weighted by molar-refractivity contribution is 0.662. The lowest BCUT2D eigenvalue weighted by Crippen LogP contribution is -1.98. The molecule has 0 fully saturated rings. The second-order valence-corrected chi connectivity index (χ2v) is 5.52. The molecule has 1 heterocycles. The predicted molar refractivity (Wildman–Crippen MR) is 77.4 cm³/mol. The molecule has 96 valence electrons. The van der Waals surface area contributed by atoms with Gasteiger partial charge < -0.3 is 10.3 Å². The Balaban J connectivity index is 2.37. The summed E-state index contributed by atoms with van der Waals surface area (Å²) in [6.07, 6.45) is 0. The second-order valence-electron chi connectivity index (χ2n) is 4.10. The zero-order valence-electron chi connectivity index (χ0n) is 10.7. The van der Waals surface area contributed by atoms with E-state index in [4.69, 9.17) is 17.3 Å². The summed E-state index contributed by atoms with van der Waals surface area (Å²) in [6.45, 7) is 7.13. The molecule has 0 saturated heterocycles. The van der Waals surface area contributed by atoms with E-state index in [2.05, 4.69) is 23.4 Å². The number of nitrogens with zero attached hydrogens (tertiary/aromatic N) is 2. The standard InChI is InChI=1S/C13H16ClN3S/c1-4-17-9(3)8(2)16-13(17)18-12-6-5-10(15)7-11(12)14/h5-7H,4,15H2,1-3H3. The first-order chi connectivity index (χ1) is 8.52. The summed E-state index contributed by atoms with van der Waals surface area (Å²) in [5, 5.41) is 1.64. The summed E-state index contributed by atoms with van der Waals surface area (Å²) in [7, 11) is 0. The van der Waals surface area contributed by atoms with Crippen molar-refractivity contribution < 1.29 is 0 Å². The van der Waals surface area contributed by atoms with Crippen molar-refractivity contribution in [3.05, 3.63) is 34.6 Å². The number of nitrogen functional groups attached to an aromatic ring is 1. The van der Waals surface area contributed by atoms with Gasteiger partial charge in [-0.2, -0.15) is 0 Å². The molecule has 0 unspecified atom stereocenters. The summed E-state index contributed by atoms with van der Waals surface area (Å²) in [6, 6.07) is 5.55. The van der Waals surface area contributed by atoms with Crippen molar-refractivity contribution in [3.63, 3.8) is 0 Å². The highest BCUT2D eigenvalue weighted by Gasteiger charge is 2.12. The van der Waals surface area contributed by atoms with E-state index >= 15 is 0 Å². The average Bonchev–Trinajstić information content (AvgIpc) is 2.58. The third-order valence-corrected chi connectivity index (χ3v) is 4.39. The lowest BCUT2D eigenvalue weighted by Gasteiger charge is -2.08. The maximum absolute atomic E-state index is 6.18. The average molecular weight is 282 g/mol. The van der Waals surface area contributed by atoms with Crippen LogP contribution in [0.3, 0.4) is 0 Å². The van der Waals surface area contributed by atoms with E-state index in [1.54, 1.807) is 17.8 Å². The van der Waals surface area contributed by atoms with E-state index in [9.17, 15) is 0 Å². The van der Waals surface area contributed by atoms with Gasteiger partial charge in [0.25, 0.3) is 0 Å². The minimum atomic E-state index is 0.668. The molecule has 2 rings (SSSR count). The van der Waals surface area contributed by atoms with Crippen LogP contribution in [0.1, 0.15) is 18.3 Å². The normalized spacial score (nSPS) is 10.9. The van der Waals surface area contributed by atoms with Gasteiger partial charge in [0.05, 0.1) is 10.7 Å². The van der Waals surface area contributed by atoms with E-state index in [-0.39, 0.29) is 0 Å². The highest BCUT2D eigenvalue weighted by molar-refractivity contribution is 7.99. The highest BCUT2D eigenvalue weighted by atomic mass is 35.5. The zero-order valence-corrected chi connectivity index (χ0v) is 12.3. The first-order valence-corrected chi connectivity index (χ1v) is 6.99. The number of imidazole rings is 1. The van der Waals surface area contributed by atoms with Crippen LogP contribution in [0.2, 0.25) is 5.02 Å². The number of rotatable bonds is 3. The molecule has 0 spiro atoms. The van der Waals surface area contributed by atoms with Crippen LogP contribution in [0.5, 0.6) is 0 Å². The SMILES string of the molecule is CCn1c(Sc2ccc(N)cc2Cl)nc(C)c1C. The van der Waals surface area contributed by atoms with Crippen LogP contribution in [-0.2, 0) is 6.54 Å². The number of aromatic nitrogens is 2. The number of benzene rings is 1. The van der Waals surface area contributed by atoms with E-state index < -0.39 is 0 Å². The molecule has 0 aliphatic heterocycles. The van der Waals surface area contributed by atoms with Crippen molar-refractivity contribution in [2.45, 2.75) is 37.4 Å². The number of halogens is 1. The van der Waals surface area contributed by atoms with Gasteiger partial charge in [-0.1, -0.05) is 23.4 Å². The van der Waals surface area contributed by atoms with Gasteiger partial charge in [-0.25, -0.2) is 4.98 Å². The number of anilines is 1. The molecule has 2 N–H and O–H groups in total. The molecule has 0 atom stereocenters. The first-order valence-electron chi connectivity index (χ1n) is 5.79. The Morgan fingerprint density at radius 2 is 2.11 bits per heavy atom. The molecule has 5 heteroatoms. The lowest BCUT2D eigenvalue weighted by atomic mass is 10.3. The fourth-order valence-electron chi connectivity index (χ4n) is 1.77. The molecule has 1 aromatic carbocycles. The third-order valence-electron chi connectivity index (χ3n) is 2.90. The van der Waals surface area contributed by atoms with Crippen molar-refractivity contribution in [1.82, 2.24) is 9.55 Å². The van der Waals surface area contributed by atoms with Crippen molar-refractivity contribution >= 4 is 29.1 Å². The number of aryl methyl sites for hydroxylation is 1. The summed E-state index contributed by atoms with van der Waals surface area (Å²) in [4.78, 5) is 5.55. The van der Waals surface area contributed by atoms with Crippen molar-refractivity contribution in [2.75, 3.05) is 5.73 Å². The molecule has 3 nitrogen and oxygen atoms in total. The Hall–Kier alpha value is -1.13. The van der Waals surface area contributed by atoms with Crippen LogP contribution in [0.25, 0.3) is 0 Å². The Labute approximate surface area is 116 Å². The quantitative estimate of drug-likeness (QED) is 0.868. The van der Waals surface area contributed by atoms with Gasteiger partial charge in [-0.3, -0.25) is 0 Å². The van der Waals surface area contributed by atoms with Crippen LogP contribution in [-0.4, -0.2) is 9.55 Å². The van der Waals surface area contributed by atoms with Gasteiger partial charge in [0, 0.05) is 22.8 Å². The van der Waals surface area contributed by atoms with Crippen LogP contribution >= 0.6 is 23.4 Å². The van der Waals surface area contributed by atoms with Crippen LogP contribution in [0.15, 0.2) is 28.3 Å². The topological polar surface area (TPSA) is 43.8 Å². The smallest absolute Gasteiger partial charge is 0.173 e. The van der Waals surface area contributed by atoms with E-state index in [0.717, 1.165) is 22.3 Å². The molecular formula is C13H16ClN3S. The van der Waals surface area contributed by atoms with Crippen molar-refractivity contribution in [3.8, 4) is 0 Å². The van der Waals surface area contributed by atoms with E-state index in [0.29, 0.717) is 10.7 Å². The van der Waals surface area contributed by atoms with Crippen molar-refractivity contribution in [1.29, 1.82) is 0 Å². The molecule has 18 heavy (non-hydrogen) atoms. The minimum absolute atomic E-state index is 0.668. The fraction of sp³-hybridized carbons (Fsp3) is 0.308. The molecular weight excluding hydrogens is 266 g/mol. The van der Waals surface area contributed by atoms with Crippen LogP contribution in [0.4, 0.5) is 5.69 Å². The Morgan fingerprint density at radius 3 is 2.72 bits per heavy atom. The molecule has 0 radical (unpaired) electrons. The van der Waals surface area contributed by atoms with Gasteiger partial charge in [0.1, 0.15) is 0 Å². The molecule has 0 bridgehead atoms. The summed E-state index contributed by atoms with van der Waals surface area (Å²) >= 11 is 7.76. The molecule has 0 aliphatic rings. The summed E-state index contributed by atoms with van der Waals surface area (Å²) in [5.41, 5.74) is 8.63. The predicted octanol–water partition coefficient (Wildman–Crippen LogP) is 3.91. The molecule has 0 saturated carbocycles. The Kier molecular flexibility index (Phi) is 3.88. The molecule has 1 aromatic heterocycles. The zero-order chi connectivity index (χ0) is 13.3. The third kappa shape index (κ3) is 2.49. The minimum Gasteiger partial charge on any atom is -0.399 e. The van der Waals surface area contributed by atoms with Gasteiger partial charge >= 0.3 is 0 Å². The number of hydrogen-bond acceptors (Lipinski definition) is 3. The second kappa shape index (κ2) is 5.24. The van der Waals surface area contributed by atoms with Gasteiger partial charge in [-0.15, -0.1) is 0 Å². The monoisotopic (exact) mass is 281 g/mol. The summed E-state index contributed by atoms with van der Waals surface area (Å²) in [5.74, 6) is 0. The molecule has 2 aromatic rings. The summed E-state index contributed by atoms with van der Waals surface area (Å²) < 4.78 is 2.19. The van der Waals surface area contributed by atoms with Gasteiger partial charge in [-0.05, 0) is 39.0 Å². The Bertz CT molecular complexity index is 578. The van der Waals surface area contributed by atoms with Gasteiger partial charge in [0.2, 0.25) is 0 Å². The van der Waals surface area contributed by atoms with Gasteiger partial charge in [0.15, 0.2) is 5.16 Å². The molecule has 0 amide bonds. The number of hydrogen-bond donors (Lipinski definition) is 1. The number of nitrogens with two attached hydrogens (primary N) is 1. The highest BCUT2D eigenvalue weighted by Crippen LogP contribution is 2.34. The Morgan fingerprint density at radius 1 is 1.39 bits per heavy atom.